The lowest BCUT2D eigenvalue weighted by molar-refractivity contribution is 0.0484. The van der Waals surface area contributed by atoms with E-state index in [0.29, 0.717) is 5.41 Å². The summed E-state index contributed by atoms with van der Waals surface area (Å²) in [6, 6.07) is 0. The van der Waals surface area contributed by atoms with E-state index in [1.807, 2.05) is 6.92 Å². The average Bonchev–Trinajstić information content (AvgIpc) is 2.68. The molecule has 1 saturated carbocycles. The highest BCUT2D eigenvalue weighted by Gasteiger charge is 2.39. The Labute approximate surface area is 125 Å². The van der Waals surface area contributed by atoms with Gasteiger partial charge in [0.2, 0.25) is 0 Å². The highest BCUT2D eigenvalue weighted by molar-refractivity contribution is 4.94. The number of hydrogen-bond acceptors (Lipinski definition) is 3. The van der Waals surface area contributed by atoms with Crippen molar-refractivity contribution in [3.05, 3.63) is 0 Å². The largest absolute Gasteiger partial charge is 0.389 e. The molecule has 0 radical (unpaired) electrons. The van der Waals surface area contributed by atoms with Crippen LogP contribution in [0.1, 0.15) is 59.3 Å². The zero-order chi connectivity index (χ0) is 14.6. The first-order valence-electron chi connectivity index (χ1n) is 8.60. The van der Waals surface area contributed by atoms with E-state index >= 15 is 0 Å². The van der Waals surface area contributed by atoms with Crippen molar-refractivity contribution in [2.24, 2.45) is 11.3 Å². The lowest BCUT2D eigenvalue weighted by Crippen LogP contribution is -2.47. The van der Waals surface area contributed by atoms with Crippen LogP contribution in [0.4, 0.5) is 0 Å². The summed E-state index contributed by atoms with van der Waals surface area (Å²) >= 11 is 0. The van der Waals surface area contributed by atoms with Crippen LogP contribution in [-0.4, -0.2) is 48.3 Å². The van der Waals surface area contributed by atoms with Crippen molar-refractivity contribution in [3.63, 3.8) is 0 Å². The lowest BCUT2D eigenvalue weighted by atomic mass is 9.69. The predicted molar refractivity (Wildman–Crippen MR) is 84.9 cm³/mol. The van der Waals surface area contributed by atoms with Gasteiger partial charge in [0.1, 0.15) is 0 Å². The quantitative estimate of drug-likeness (QED) is 0.735. The van der Waals surface area contributed by atoms with Crippen LogP contribution in [0.2, 0.25) is 0 Å². The molecule has 0 spiro atoms. The van der Waals surface area contributed by atoms with Crippen LogP contribution in [0.3, 0.4) is 0 Å². The fourth-order valence-electron chi connectivity index (χ4n) is 4.31. The summed E-state index contributed by atoms with van der Waals surface area (Å²) in [5, 5.41) is 13.9. The molecule has 0 aromatic rings. The third-order valence-electron chi connectivity index (χ3n) is 5.20. The van der Waals surface area contributed by atoms with E-state index < -0.39 is 5.60 Å². The van der Waals surface area contributed by atoms with E-state index in [4.69, 9.17) is 0 Å². The second kappa shape index (κ2) is 6.76. The Morgan fingerprint density at radius 3 is 2.75 bits per heavy atom. The maximum absolute atomic E-state index is 10.2. The molecular formula is C17H34N2O. The molecule has 2 fully saturated rings. The Balaban J connectivity index is 1.95. The van der Waals surface area contributed by atoms with Crippen LogP contribution in [-0.2, 0) is 0 Å². The molecule has 1 heterocycles. The molecule has 3 nitrogen and oxygen atoms in total. The fraction of sp³-hybridized carbons (Fsp3) is 1.00. The Hall–Kier alpha value is -0.120. The maximum Gasteiger partial charge on any atom is 0.0758 e. The first-order valence-corrected chi connectivity index (χ1v) is 8.60. The Bertz CT molecular complexity index is 305. The number of hydrogen-bond donors (Lipinski definition) is 2. The Morgan fingerprint density at radius 1 is 1.35 bits per heavy atom. The summed E-state index contributed by atoms with van der Waals surface area (Å²) in [4.78, 5) is 2.51. The van der Waals surface area contributed by atoms with Gasteiger partial charge < -0.3 is 10.4 Å². The third kappa shape index (κ3) is 4.44. The van der Waals surface area contributed by atoms with Crippen molar-refractivity contribution < 1.29 is 5.11 Å². The number of nitrogens with one attached hydrogen (secondary N) is 1. The second-order valence-electron chi connectivity index (χ2n) is 7.84. The molecule has 3 atom stereocenters. The highest BCUT2D eigenvalue weighted by atomic mass is 16.3. The smallest absolute Gasteiger partial charge is 0.0758 e. The minimum Gasteiger partial charge on any atom is -0.389 e. The van der Waals surface area contributed by atoms with Crippen molar-refractivity contribution in [2.75, 3.05) is 32.7 Å². The number of likely N-dealkylation sites (tertiary alicyclic amines) is 1. The first-order chi connectivity index (χ1) is 9.45. The fourth-order valence-corrected chi connectivity index (χ4v) is 4.31. The molecule has 3 heteroatoms. The van der Waals surface area contributed by atoms with Gasteiger partial charge in [-0.15, -0.1) is 0 Å². The van der Waals surface area contributed by atoms with Crippen molar-refractivity contribution in [2.45, 2.75) is 64.9 Å². The third-order valence-corrected chi connectivity index (χ3v) is 5.20. The molecule has 20 heavy (non-hydrogen) atoms. The zero-order valence-electron chi connectivity index (χ0n) is 13.7. The molecule has 0 aromatic heterocycles. The van der Waals surface area contributed by atoms with Crippen LogP contribution in [0.25, 0.3) is 0 Å². The van der Waals surface area contributed by atoms with Crippen LogP contribution in [0.15, 0.2) is 0 Å². The van der Waals surface area contributed by atoms with Gasteiger partial charge in [-0.3, -0.25) is 4.90 Å². The molecule has 1 saturated heterocycles. The molecule has 0 aromatic carbocycles. The van der Waals surface area contributed by atoms with E-state index in [9.17, 15) is 5.11 Å². The van der Waals surface area contributed by atoms with Gasteiger partial charge in [-0.1, -0.05) is 26.7 Å². The van der Waals surface area contributed by atoms with E-state index in [1.165, 1.54) is 38.6 Å². The molecule has 2 rings (SSSR count). The molecule has 3 unspecified atom stereocenters. The van der Waals surface area contributed by atoms with E-state index in [1.54, 1.807) is 0 Å². The Morgan fingerprint density at radius 2 is 2.15 bits per heavy atom. The molecule has 0 amide bonds. The van der Waals surface area contributed by atoms with Gasteiger partial charge in [0, 0.05) is 26.2 Å². The predicted octanol–water partition coefficient (Wildman–Crippen LogP) is 2.64. The van der Waals surface area contributed by atoms with Gasteiger partial charge >= 0.3 is 0 Å². The summed E-state index contributed by atoms with van der Waals surface area (Å²) in [5.41, 5.74) is -0.0222. The van der Waals surface area contributed by atoms with Crippen molar-refractivity contribution in [3.8, 4) is 0 Å². The van der Waals surface area contributed by atoms with Crippen molar-refractivity contribution in [1.82, 2.24) is 10.2 Å². The topological polar surface area (TPSA) is 35.5 Å². The summed E-state index contributed by atoms with van der Waals surface area (Å²) in [5.74, 6) is 0.857. The SMILES string of the molecule is CCCNCC1(CN2CCC(C)(O)C2)CCCC(C)C1. The van der Waals surface area contributed by atoms with Crippen LogP contribution in [0, 0.1) is 11.3 Å². The van der Waals surface area contributed by atoms with Crippen LogP contribution >= 0.6 is 0 Å². The summed E-state index contributed by atoms with van der Waals surface area (Å²) in [6.45, 7) is 12.0. The average molecular weight is 282 g/mol. The second-order valence-corrected chi connectivity index (χ2v) is 7.84. The minimum absolute atomic E-state index is 0.438. The summed E-state index contributed by atoms with van der Waals surface area (Å²) in [7, 11) is 0. The lowest BCUT2D eigenvalue weighted by Gasteiger charge is -2.43. The number of β-amino-alcohol motifs (C(OH)–C–C–N with tert-alkyl or cyclic N) is 1. The number of aliphatic hydroxyl groups is 1. The first kappa shape index (κ1) is 16.3. The molecule has 118 valence electrons. The van der Waals surface area contributed by atoms with Gasteiger partial charge in [-0.05, 0) is 50.5 Å². The highest BCUT2D eigenvalue weighted by Crippen LogP contribution is 2.40. The molecule has 1 aliphatic heterocycles. The van der Waals surface area contributed by atoms with Gasteiger partial charge in [0.05, 0.1) is 5.60 Å². The summed E-state index contributed by atoms with van der Waals surface area (Å²) < 4.78 is 0. The summed E-state index contributed by atoms with van der Waals surface area (Å²) in [6.07, 6.45) is 7.62. The normalized spacial score (nSPS) is 39.3. The number of nitrogens with zero attached hydrogens (tertiary/aromatic N) is 1. The monoisotopic (exact) mass is 282 g/mol. The van der Waals surface area contributed by atoms with E-state index in [0.717, 1.165) is 38.5 Å². The molecule has 1 aliphatic carbocycles. The molecule has 2 N–H and O–H groups in total. The zero-order valence-corrected chi connectivity index (χ0v) is 13.7. The standard InChI is InChI=1S/C17H34N2O/c1-4-9-18-12-17(7-5-6-15(2)11-17)14-19-10-8-16(3,20)13-19/h15,18,20H,4-14H2,1-3H3. The van der Waals surface area contributed by atoms with Gasteiger partial charge in [-0.25, -0.2) is 0 Å². The van der Waals surface area contributed by atoms with Crippen LogP contribution in [0.5, 0.6) is 0 Å². The van der Waals surface area contributed by atoms with Gasteiger partial charge in [0.25, 0.3) is 0 Å². The van der Waals surface area contributed by atoms with Crippen molar-refractivity contribution >= 4 is 0 Å². The van der Waals surface area contributed by atoms with Gasteiger partial charge in [-0.2, -0.15) is 0 Å². The number of rotatable bonds is 6. The van der Waals surface area contributed by atoms with Crippen LogP contribution < -0.4 is 5.32 Å². The molecule has 0 bridgehead atoms. The van der Waals surface area contributed by atoms with E-state index in [-0.39, 0.29) is 0 Å². The minimum atomic E-state index is -0.460. The maximum atomic E-state index is 10.2. The van der Waals surface area contributed by atoms with Crippen molar-refractivity contribution in [1.29, 1.82) is 0 Å². The van der Waals surface area contributed by atoms with E-state index in [2.05, 4.69) is 24.1 Å². The molecule has 2 aliphatic rings. The molecular weight excluding hydrogens is 248 g/mol. The van der Waals surface area contributed by atoms with Gasteiger partial charge in [0.15, 0.2) is 0 Å². The Kier molecular flexibility index (Phi) is 5.49.